The van der Waals surface area contributed by atoms with Crippen LogP contribution in [0.4, 0.5) is 11.6 Å². The Kier molecular flexibility index (Phi) is 9.23. The molecule has 0 spiro atoms. The summed E-state index contributed by atoms with van der Waals surface area (Å²) >= 11 is 12.8. The number of aromatic nitrogens is 4. The molecule has 10 nitrogen and oxygen atoms in total. The molecule has 2 N–H and O–H groups in total. The predicted molar refractivity (Wildman–Crippen MR) is 159 cm³/mol. The quantitative estimate of drug-likeness (QED) is 0.240. The van der Waals surface area contributed by atoms with Crippen LogP contribution >= 0.6 is 23.2 Å². The third-order valence-electron chi connectivity index (χ3n) is 6.92. The number of pyridine rings is 1. The number of rotatable bonds is 12. The number of likely N-dealkylation sites (tertiary alicyclic amines) is 1. The van der Waals surface area contributed by atoms with Gasteiger partial charge in [0.05, 0.1) is 27.9 Å². The molecule has 4 heterocycles. The lowest BCUT2D eigenvalue weighted by Crippen LogP contribution is -2.31. The van der Waals surface area contributed by atoms with Gasteiger partial charge >= 0.3 is 0 Å². The Morgan fingerprint density at radius 2 is 1.88 bits per heavy atom. The van der Waals surface area contributed by atoms with Crippen molar-refractivity contribution >= 4 is 45.9 Å². The van der Waals surface area contributed by atoms with Crippen LogP contribution in [0.1, 0.15) is 18.5 Å². The highest BCUT2D eigenvalue weighted by Gasteiger charge is 2.19. The average Bonchev–Trinajstić information content (AvgIpc) is 3.58. The van der Waals surface area contributed by atoms with E-state index < -0.39 is 5.56 Å². The van der Waals surface area contributed by atoms with E-state index in [2.05, 4.69) is 36.1 Å². The summed E-state index contributed by atoms with van der Waals surface area (Å²) in [6.07, 6.45) is 6.22. The first-order valence-corrected chi connectivity index (χ1v) is 14.0. The van der Waals surface area contributed by atoms with E-state index in [4.69, 9.17) is 32.8 Å². The van der Waals surface area contributed by atoms with Crippen LogP contribution in [-0.2, 0) is 18.3 Å². The summed E-state index contributed by atoms with van der Waals surface area (Å²) in [5.41, 5.74) is 2.55. The van der Waals surface area contributed by atoms with E-state index in [9.17, 15) is 4.79 Å². The summed E-state index contributed by atoms with van der Waals surface area (Å²) in [6, 6.07) is 8.83. The maximum Gasteiger partial charge on any atom is 0.293 e. The van der Waals surface area contributed by atoms with Crippen molar-refractivity contribution in [3.63, 3.8) is 0 Å². The fourth-order valence-electron chi connectivity index (χ4n) is 4.84. The van der Waals surface area contributed by atoms with Crippen LogP contribution in [0, 0.1) is 0 Å². The van der Waals surface area contributed by atoms with Crippen molar-refractivity contribution in [2.75, 3.05) is 51.8 Å². The van der Waals surface area contributed by atoms with E-state index in [1.807, 2.05) is 13.2 Å². The zero-order valence-electron chi connectivity index (χ0n) is 22.6. The second-order valence-corrected chi connectivity index (χ2v) is 10.5. The van der Waals surface area contributed by atoms with Gasteiger partial charge in [-0.25, -0.2) is 4.98 Å². The first-order chi connectivity index (χ1) is 19.4. The van der Waals surface area contributed by atoms with Gasteiger partial charge in [0, 0.05) is 62.8 Å². The van der Waals surface area contributed by atoms with E-state index >= 15 is 0 Å². The summed E-state index contributed by atoms with van der Waals surface area (Å²) in [5.74, 6) is 0.332. The van der Waals surface area contributed by atoms with E-state index in [0.29, 0.717) is 39.2 Å². The lowest BCUT2D eigenvalue weighted by molar-refractivity contribution is 0.0584. The number of halogens is 2. The Balaban J connectivity index is 1.39. The van der Waals surface area contributed by atoms with Crippen molar-refractivity contribution < 1.29 is 9.57 Å². The molecule has 0 radical (unpaired) electrons. The number of methoxy groups -OCH3 is 1. The minimum Gasteiger partial charge on any atom is -0.406 e. The topological polar surface area (TPSA) is 98.5 Å². The third kappa shape index (κ3) is 6.42. The third-order valence-corrected chi connectivity index (χ3v) is 7.55. The fraction of sp³-hybridized carbons (Fsp3) is 0.393. The number of aryl methyl sites for hydroxylation is 1. The average molecular weight is 587 g/mol. The first kappa shape index (κ1) is 28.4. The summed E-state index contributed by atoms with van der Waals surface area (Å²) in [6.45, 7) is 5.61. The van der Waals surface area contributed by atoms with Gasteiger partial charge in [-0.2, -0.15) is 4.98 Å². The van der Waals surface area contributed by atoms with Crippen molar-refractivity contribution in [2.24, 2.45) is 7.05 Å². The maximum atomic E-state index is 13.6. The number of benzene rings is 1. The van der Waals surface area contributed by atoms with Crippen LogP contribution < -0.4 is 21.0 Å². The maximum absolute atomic E-state index is 13.6. The van der Waals surface area contributed by atoms with E-state index in [1.165, 1.54) is 25.9 Å². The lowest BCUT2D eigenvalue weighted by atomic mass is 10.1. The molecule has 0 unspecified atom stereocenters. The molecule has 0 atom stereocenters. The zero-order valence-corrected chi connectivity index (χ0v) is 24.1. The molecule has 0 amide bonds. The number of nitrogens with one attached hydrogen (secondary N) is 2. The molecule has 4 aromatic rings. The number of ether oxygens (including phenoxy) is 1. The number of fused-ring (bicyclic) bond motifs is 1. The molecule has 0 aliphatic carbocycles. The highest BCUT2D eigenvalue weighted by atomic mass is 35.5. The molecule has 12 heteroatoms. The van der Waals surface area contributed by atoms with Crippen molar-refractivity contribution in [2.45, 2.75) is 19.4 Å². The molecule has 1 aliphatic heterocycles. The Bertz CT molecular complexity index is 1510. The number of anilines is 2. The molecule has 3 aromatic heterocycles. The normalized spacial score (nSPS) is 13.8. The van der Waals surface area contributed by atoms with E-state index in [-0.39, 0.29) is 12.2 Å². The summed E-state index contributed by atoms with van der Waals surface area (Å²) in [5, 5.41) is 8.09. The molecule has 212 valence electrons. The van der Waals surface area contributed by atoms with Crippen molar-refractivity contribution in [1.29, 1.82) is 0 Å². The minimum absolute atomic E-state index is 0.144. The van der Waals surface area contributed by atoms with Crippen LogP contribution in [0.5, 0.6) is 0 Å². The van der Waals surface area contributed by atoms with Crippen LogP contribution in [0.3, 0.4) is 0 Å². The lowest BCUT2D eigenvalue weighted by Gasteiger charge is -2.15. The number of hydrogen-bond donors (Lipinski definition) is 2. The second kappa shape index (κ2) is 13.0. The van der Waals surface area contributed by atoms with Crippen LogP contribution in [0.25, 0.3) is 22.2 Å². The van der Waals surface area contributed by atoms with E-state index in [1.54, 1.807) is 37.6 Å². The van der Waals surface area contributed by atoms with Gasteiger partial charge in [-0.15, -0.1) is 4.73 Å². The molecular weight excluding hydrogens is 553 g/mol. The van der Waals surface area contributed by atoms with Crippen molar-refractivity contribution in [1.82, 2.24) is 29.5 Å². The monoisotopic (exact) mass is 585 g/mol. The molecule has 1 aromatic carbocycles. The largest absolute Gasteiger partial charge is 0.406 e. The summed E-state index contributed by atoms with van der Waals surface area (Å²) < 4.78 is 8.32. The van der Waals surface area contributed by atoms with Crippen LogP contribution in [0.2, 0.25) is 10.0 Å². The van der Waals surface area contributed by atoms with Crippen molar-refractivity contribution in [3.8, 4) is 11.1 Å². The molecule has 5 rings (SSSR count). The van der Waals surface area contributed by atoms with Gasteiger partial charge in [-0.3, -0.25) is 4.79 Å². The molecule has 0 bridgehead atoms. The van der Waals surface area contributed by atoms with Gasteiger partial charge < -0.3 is 29.7 Å². The molecular formula is C28H33Cl2N7O3. The standard InChI is InChI=1S/C28H33Cl2N7O3/c1-35-18-20(15-21(35)17-31-8-11-36-9-3-4-10-36)33-28-32-16-19-14-22(25-23(29)6-5-7-24(25)30)27(38)37(26(19)34-28)40-13-12-39-2/h5-7,14-16,18,31H,3-4,8-13,17H2,1-2H3,(H,32,33,34). The van der Waals surface area contributed by atoms with Crippen molar-refractivity contribution in [3.05, 3.63) is 68.8 Å². The smallest absolute Gasteiger partial charge is 0.293 e. The molecule has 40 heavy (non-hydrogen) atoms. The highest BCUT2D eigenvalue weighted by Crippen LogP contribution is 2.33. The molecule has 0 saturated carbocycles. The Hall–Kier alpha value is -3.15. The van der Waals surface area contributed by atoms with Gasteiger partial charge in [0.2, 0.25) is 5.95 Å². The second-order valence-electron chi connectivity index (χ2n) is 9.73. The minimum atomic E-state index is -0.440. The predicted octanol–water partition coefficient (Wildman–Crippen LogP) is 4.11. The van der Waals surface area contributed by atoms with Gasteiger partial charge in [-0.1, -0.05) is 29.3 Å². The van der Waals surface area contributed by atoms with Gasteiger partial charge in [0.1, 0.15) is 6.61 Å². The Morgan fingerprint density at radius 1 is 1.10 bits per heavy atom. The van der Waals surface area contributed by atoms with E-state index in [0.717, 1.165) is 35.7 Å². The Morgan fingerprint density at radius 3 is 2.62 bits per heavy atom. The SMILES string of the molecule is COCCOn1c(=O)c(-c2c(Cl)cccc2Cl)cc2cnc(Nc3cc(CNCCN4CCCC4)n(C)c3)nc21. The number of hydrogen-bond acceptors (Lipinski definition) is 8. The Labute approximate surface area is 242 Å². The number of nitrogens with zero attached hydrogens (tertiary/aromatic N) is 5. The first-order valence-electron chi connectivity index (χ1n) is 13.3. The van der Waals surface area contributed by atoms with Crippen LogP contribution in [-0.4, -0.2) is 70.7 Å². The van der Waals surface area contributed by atoms with Crippen LogP contribution in [0.15, 0.2) is 47.5 Å². The van der Waals surface area contributed by atoms with Gasteiger partial charge in [0.15, 0.2) is 5.65 Å². The summed E-state index contributed by atoms with van der Waals surface area (Å²) in [4.78, 5) is 31.0. The van der Waals surface area contributed by atoms with Gasteiger partial charge in [0.25, 0.3) is 5.56 Å². The fourth-order valence-corrected chi connectivity index (χ4v) is 5.44. The molecule has 1 aliphatic rings. The van der Waals surface area contributed by atoms with Gasteiger partial charge in [-0.05, 0) is 50.2 Å². The summed E-state index contributed by atoms with van der Waals surface area (Å²) in [7, 11) is 3.57. The molecule has 1 fully saturated rings. The highest BCUT2D eigenvalue weighted by molar-refractivity contribution is 6.39. The molecule has 1 saturated heterocycles. The zero-order chi connectivity index (χ0) is 28.1.